The van der Waals surface area contributed by atoms with Gasteiger partial charge in [-0.2, -0.15) is 0 Å². The van der Waals surface area contributed by atoms with Crippen LogP contribution in [0.4, 0.5) is 0 Å². The van der Waals surface area contributed by atoms with Crippen molar-refractivity contribution in [1.29, 1.82) is 0 Å². The Bertz CT molecular complexity index is 516. The highest BCUT2D eigenvalue weighted by Gasteiger charge is 2.16. The number of carbonyl (C=O) groups is 2. The van der Waals surface area contributed by atoms with Crippen LogP contribution in [0.2, 0.25) is 0 Å². The van der Waals surface area contributed by atoms with Gasteiger partial charge in [-0.1, -0.05) is 101 Å². The lowest BCUT2D eigenvalue weighted by atomic mass is 10.0. The monoisotopic (exact) mass is 374 g/mol. The predicted octanol–water partition coefficient (Wildman–Crippen LogP) is 4.90. The summed E-state index contributed by atoms with van der Waals surface area (Å²) in [5, 5.41) is 2.43. The second kappa shape index (κ2) is 15.4. The highest BCUT2D eigenvalue weighted by molar-refractivity contribution is 5.97. The maximum Gasteiger partial charge on any atom is 0.243 e. The zero-order valence-corrected chi connectivity index (χ0v) is 17.1. The molecule has 152 valence electrons. The van der Waals surface area contributed by atoms with E-state index in [0.717, 1.165) is 18.4 Å². The maximum absolute atomic E-state index is 12.0. The van der Waals surface area contributed by atoms with Crippen molar-refractivity contribution in [2.24, 2.45) is 5.73 Å². The molecule has 0 unspecified atom stereocenters. The molecule has 0 aliphatic heterocycles. The minimum Gasteiger partial charge on any atom is -0.320 e. The summed E-state index contributed by atoms with van der Waals surface area (Å²) in [6.07, 6.45) is 14.5. The normalized spacial score (nSPS) is 11.9. The zero-order valence-electron chi connectivity index (χ0n) is 17.1. The van der Waals surface area contributed by atoms with Crippen LogP contribution in [0, 0.1) is 0 Å². The largest absolute Gasteiger partial charge is 0.320 e. The number of nitrogens with two attached hydrogens (primary N) is 1. The number of hydrogen-bond donors (Lipinski definition) is 2. The molecule has 4 heteroatoms. The molecule has 1 aromatic carbocycles. The smallest absolute Gasteiger partial charge is 0.243 e. The van der Waals surface area contributed by atoms with Gasteiger partial charge in [-0.05, 0) is 18.4 Å². The number of benzene rings is 1. The van der Waals surface area contributed by atoms with Gasteiger partial charge in [0.1, 0.15) is 0 Å². The van der Waals surface area contributed by atoms with Crippen LogP contribution in [-0.2, 0) is 16.0 Å². The third-order valence-electron chi connectivity index (χ3n) is 4.91. The summed E-state index contributed by atoms with van der Waals surface area (Å²) in [6, 6.07) is 8.93. The van der Waals surface area contributed by atoms with E-state index < -0.39 is 6.04 Å². The van der Waals surface area contributed by atoms with E-state index in [2.05, 4.69) is 12.2 Å². The highest BCUT2D eigenvalue weighted by atomic mass is 16.2. The molecule has 0 saturated heterocycles. The fourth-order valence-corrected chi connectivity index (χ4v) is 3.20. The third kappa shape index (κ3) is 12.4. The first kappa shape index (κ1) is 23.4. The van der Waals surface area contributed by atoms with Gasteiger partial charge in [0.05, 0.1) is 6.04 Å². The van der Waals surface area contributed by atoms with Crippen LogP contribution in [0.3, 0.4) is 0 Å². The lowest BCUT2D eigenvalue weighted by Crippen LogP contribution is -2.44. The van der Waals surface area contributed by atoms with Crippen molar-refractivity contribution >= 4 is 11.8 Å². The molecule has 2 amide bonds. The van der Waals surface area contributed by atoms with Crippen LogP contribution in [0.25, 0.3) is 0 Å². The number of amides is 2. The van der Waals surface area contributed by atoms with E-state index in [9.17, 15) is 9.59 Å². The van der Waals surface area contributed by atoms with Crippen molar-refractivity contribution < 1.29 is 9.59 Å². The number of carbonyl (C=O) groups excluding carboxylic acids is 2. The summed E-state index contributed by atoms with van der Waals surface area (Å²) in [5.41, 5.74) is 6.89. The lowest BCUT2D eigenvalue weighted by Gasteiger charge is -2.11. The SMILES string of the molecule is CCCCCCCCCCCCCC(=O)NC(=O)[C@@H](N)Cc1ccccc1. The molecule has 0 radical (unpaired) electrons. The van der Waals surface area contributed by atoms with Gasteiger partial charge in [0, 0.05) is 6.42 Å². The molecule has 1 atom stereocenters. The molecule has 0 aromatic heterocycles. The van der Waals surface area contributed by atoms with Crippen LogP contribution < -0.4 is 11.1 Å². The van der Waals surface area contributed by atoms with Crippen LogP contribution in [0.1, 0.15) is 89.5 Å². The molecule has 0 bridgehead atoms. The molecule has 3 N–H and O–H groups in total. The molecule has 0 saturated carbocycles. The van der Waals surface area contributed by atoms with Crippen molar-refractivity contribution in [1.82, 2.24) is 5.32 Å². The Morgan fingerprint density at radius 2 is 1.37 bits per heavy atom. The van der Waals surface area contributed by atoms with Crippen molar-refractivity contribution in [3.8, 4) is 0 Å². The third-order valence-corrected chi connectivity index (χ3v) is 4.91. The van der Waals surface area contributed by atoms with E-state index in [1.54, 1.807) is 0 Å². The molecular weight excluding hydrogens is 336 g/mol. The average molecular weight is 375 g/mol. The standard InChI is InChI=1S/C23H38N2O2/c1-2-3-4-5-6-7-8-9-10-11-15-18-22(26)25-23(27)21(24)19-20-16-13-12-14-17-20/h12-14,16-17,21H,2-11,15,18-19,24H2,1H3,(H,25,26,27)/t21-/m0/s1. The Kier molecular flexibility index (Phi) is 13.3. The minimum absolute atomic E-state index is 0.209. The van der Waals surface area contributed by atoms with E-state index >= 15 is 0 Å². The molecule has 0 spiro atoms. The summed E-state index contributed by atoms with van der Waals surface area (Å²) < 4.78 is 0. The van der Waals surface area contributed by atoms with E-state index in [-0.39, 0.29) is 11.8 Å². The molecule has 0 aliphatic carbocycles. The Labute approximate surface area is 165 Å². The minimum atomic E-state index is -0.686. The first-order valence-electron chi connectivity index (χ1n) is 10.8. The van der Waals surface area contributed by atoms with Crippen LogP contribution in [0.15, 0.2) is 30.3 Å². The molecule has 1 rings (SSSR count). The van der Waals surface area contributed by atoms with Crippen molar-refractivity contribution in [3.63, 3.8) is 0 Å². The Balaban J connectivity index is 1.99. The van der Waals surface area contributed by atoms with Gasteiger partial charge in [0.25, 0.3) is 0 Å². The number of hydrogen-bond acceptors (Lipinski definition) is 3. The number of rotatable bonds is 15. The Hall–Kier alpha value is -1.68. The second-order valence-electron chi connectivity index (χ2n) is 7.49. The summed E-state index contributed by atoms with van der Waals surface area (Å²) in [7, 11) is 0. The molecule has 1 aromatic rings. The Morgan fingerprint density at radius 3 is 1.93 bits per heavy atom. The van der Waals surface area contributed by atoms with Crippen molar-refractivity contribution in [2.45, 2.75) is 96.4 Å². The van der Waals surface area contributed by atoms with Gasteiger partial charge < -0.3 is 5.73 Å². The molecule has 0 aliphatic rings. The number of imide groups is 1. The first-order chi connectivity index (χ1) is 13.1. The highest BCUT2D eigenvalue weighted by Crippen LogP contribution is 2.12. The van der Waals surface area contributed by atoms with E-state index in [1.807, 2.05) is 30.3 Å². The van der Waals surface area contributed by atoms with Gasteiger partial charge in [0.15, 0.2) is 0 Å². The lowest BCUT2D eigenvalue weighted by molar-refractivity contribution is -0.131. The van der Waals surface area contributed by atoms with Gasteiger partial charge in [-0.15, -0.1) is 0 Å². The summed E-state index contributed by atoms with van der Waals surface area (Å²) in [6.45, 7) is 2.25. The van der Waals surface area contributed by atoms with Crippen LogP contribution >= 0.6 is 0 Å². The Morgan fingerprint density at radius 1 is 0.852 bits per heavy atom. The fourth-order valence-electron chi connectivity index (χ4n) is 3.20. The fraction of sp³-hybridized carbons (Fsp3) is 0.652. The molecule has 0 fully saturated rings. The van der Waals surface area contributed by atoms with Gasteiger partial charge in [0.2, 0.25) is 11.8 Å². The van der Waals surface area contributed by atoms with Crippen molar-refractivity contribution in [3.05, 3.63) is 35.9 Å². The first-order valence-corrected chi connectivity index (χ1v) is 10.8. The van der Waals surface area contributed by atoms with Crippen LogP contribution in [-0.4, -0.2) is 17.9 Å². The maximum atomic E-state index is 12.0. The topological polar surface area (TPSA) is 72.2 Å². The molecule has 4 nitrogen and oxygen atoms in total. The quantitative estimate of drug-likeness (QED) is 0.429. The predicted molar refractivity (Wildman–Crippen MR) is 112 cm³/mol. The van der Waals surface area contributed by atoms with Gasteiger partial charge >= 0.3 is 0 Å². The van der Waals surface area contributed by atoms with Gasteiger partial charge in [-0.25, -0.2) is 0 Å². The summed E-state index contributed by atoms with van der Waals surface area (Å²) >= 11 is 0. The molecule has 27 heavy (non-hydrogen) atoms. The number of unbranched alkanes of at least 4 members (excludes halogenated alkanes) is 10. The van der Waals surface area contributed by atoms with E-state index in [1.165, 1.54) is 57.8 Å². The van der Waals surface area contributed by atoms with E-state index in [0.29, 0.717) is 12.8 Å². The molecular formula is C23H38N2O2. The number of nitrogens with one attached hydrogen (secondary N) is 1. The molecule has 0 heterocycles. The zero-order chi connectivity index (χ0) is 19.7. The summed E-state index contributed by atoms with van der Waals surface area (Å²) in [4.78, 5) is 23.9. The van der Waals surface area contributed by atoms with Gasteiger partial charge in [-0.3, -0.25) is 14.9 Å². The summed E-state index contributed by atoms with van der Waals surface area (Å²) in [5.74, 6) is -0.591. The van der Waals surface area contributed by atoms with E-state index in [4.69, 9.17) is 5.73 Å². The second-order valence-corrected chi connectivity index (χ2v) is 7.49. The van der Waals surface area contributed by atoms with Crippen LogP contribution in [0.5, 0.6) is 0 Å². The van der Waals surface area contributed by atoms with Crippen molar-refractivity contribution in [2.75, 3.05) is 0 Å². The average Bonchev–Trinajstić information content (AvgIpc) is 2.66.